The van der Waals surface area contributed by atoms with Gasteiger partial charge in [-0.25, -0.2) is 0 Å². The van der Waals surface area contributed by atoms with Crippen molar-refractivity contribution in [1.29, 1.82) is 0 Å². The molecule has 1 unspecified atom stereocenters. The van der Waals surface area contributed by atoms with Crippen LogP contribution in [0.3, 0.4) is 0 Å². The van der Waals surface area contributed by atoms with Crippen LogP contribution in [0.2, 0.25) is 0 Å². The Morgan fingerprint density at radius 1 is 1.15 bits per heavy atom. The average molecular weight is 289 g/mol. The number of benzene rings is 2. The van der Waals surface area contributed by atoms with Crippen LogP contribution in [0.5, 0.6) is 0 Å². The molecule has 0 heterocycles. The highest BCUT2D eigenvalue weighted by Crippen LogP contribution is 2.25. The Morgan fingerprint density at radius 3 is 2.60 bits per heavy atom. The van der Waals surface area contributed by atoms with Gasteiger partial charge in [0.1, 0.15) is 0 Å². The first-order valence-corrected chi connectivity index (χ1v) is 8.19. The molecule has 0 aromatic heterocycles. The van der Waals surface area contributed by atoms with Gasteiger partial charge in [-0.05, 0) is 47.9 Å². The van der Waals surface area contributed by atoms with Crippen LogP contribution in [0.25, 0.3) is 10.8 Å². The minimum atomic E-state index is -0.677. The Morgan fingerprint density at radius 2 is 1.90 bits per heavy atom. The zero-order chi connectivity index (χ0) is 14.4. The van der Waals surface area contributed by atoms with Crippen LogP contribution in [0.4, 0.5) is 0 Å². The smallest absolute Gasteiger partial charge is 0.0767 e. The van der Waals surface area contributed by atoms with Gasteiger partial charge < -0.3 is 10.8 Å². The lowest BCUT2D eigenvalue weighted by Crippen LogP contribution is -2.36. The molecule has 108 valence electrons. The SMILES string of the molecule is CCC(O)(CN)CCCSc1ccc2ccccc2c1. The first kappa shape index (κ1) is 15.4. The van der Waals surface area contributed by atoms with Gasteiger partial charge >= 0.3 is 0 Å². The number of thioether (sulfide) groups is 1. The second-order valence-electron chi connectivity index (χ2n) is 5.24. The van der Waals surface area contributed by atoms with Crippen LogP contribution in [-0.2, 0) is 0 Å². The molecular formula is C17H23NOS. The first-order chi connectivity index (χ1) is 9.67. The second-order valence-corrected chi connectivity index (χ2v) is 6.41. The topological polar surface area (TPSA) is 46.2 Å². The third-order valence-corrected chi connectivity index (χ3v) is 4.89. The maximum atomic E-state index is 10.1. The number of nitrogens with two attached hydrogens (primary N) is 1. The van der Waals surface area contributed by atoms with Gasteiger partial charge in [-0.2, -0.15) is 0 Å². The summed E-state index contributed by atoms with van der Waals surface area (Å²) in [4.78, 5) is 1.29. The van der Waals surface area contributed by atoms with Gasteiger partial charge in [-0.1, -0.05) is 37.3 Å². The molecule has 0 spiro atoms. The predicted molar refractivity (Wildman–Crippen MR) is 88.2 cm³/mol. The van der Waals surface area contributed by atoms with Gasteiger partial charge in [-0.15, -0.1) is 11.8 Å². The van der Waals surface area contributed by atoms with Gasteiger partial charge in [0.2, 0.25) is 0 Å². The van der Waals surface area contributed by atoms with E-state index >= 15 is 0 Å². The fraction of sp³-hybridized carbons (Fsp3) is 0.412. The monoisotopic (exact) mass is 289 g/mol. The van der Waals surface area contributed by atoms with Gasteiger partial charge in [0.05, 0.1) is 5.60 Å². The lowest BCUT2D eigenvalue weighted by atomic mass is 9.95. The third-order valence-electron chi connectivity index (χ3n) is 3.81. The Bertz CT molecular complexity index is 551. The van der Waals surface area contributed by atoms with Crippen LogP contribution in [0, 0.1) is 0 Å². The minimum Gasteiger partial charge on any atom is -0.389 e. The maximum absolute atomic E-state index is 10.1. The highest BCUT2D eigenvalue weighted by atomic mass is 32.2. The lowest BCUT2D eigenvalue weighted by molar-refractivity contribution is 0.0360. The molecule has 2 aromatic rings. The second kappa shape index (κ2) is 7.11. The summed E-state index contributed by atoms with van der Waals surface area (Å²) in [5.74, 6) is 1.01. The van der Waals surface area contributed by atoms with Crippen molar-refractivity contribution in [1.82, 2.24) is 0 Å². The summed E-state index contributed by atoms with van der Waals surface area (Å²) in [6.45, 7) is 2.34. The molecule has 3 N–H and O–H groups in total. The molecule has 20 heavy (non-hydrogen) atoms. The van der Waals surface area contributed by atoms with Crippen molar-refractivity contribution in [2.45, 2.75) is 36.7 Å². The molecule has 0 fully saturated rings. The quantitative estimate of drug-likeness (QED) is 0.602. The predicted octanol–water partition coefficient (Wildman–Crippen LogP) is 3.81. The van der Waals surface area contributed by atoms with Crippen molar-refractivity contribution >= 4 is 22.5 Å². The van der Waals surface area contributed by atoms with Crippen LogP contribution in [-0.4, -0.2) is 23.0 Å². The van der Waals surface area contributed by atoms with Crippen molar-refractivity contribution in [3.05, 3.63) is 42.5 Å². The van der Waals surface area contributed by atoms with Crippen LogP contribution in [0.15, 0.2) is 47.4 Å². The normalized spacial score (nSPS) is 14.3. The summed E-state index contributed by atoms with van der Waals surface area (Å²) in [5.41, 5.74) is 4.94. The molecular weight excluding hydrogens is 266 g/mol. The summed E-state index contributed by atoms with van der Waals surface area (Å²) in [6.07, 6.45) is 2.49. The number of hydrogen-bond donors (Lipinski definition) is 2. The maximum Gasteiger partial charge on any atom is 0.0767 e. The molecule has 0 amide bonds. The molecule has 0 saturated carbocycles. The van der Waals surface area contributed by atoms with Crippen molar-refractivity contribution in [2.24, 2.45) is 5.73 Å². The molecule has 1 atom stereocenters. The minimum absolute atomic E-state index is 0.351. The number of hydrogen-bond acceptors (Lipinski definition) is 3. The van der Waals surface area contributed by atoms with E-state index < -0.39 is 5.60 Å². The first-order valence-electron chi connectivity index (χ1n) is 7.21. The molecule has 2 aromatic carbocycles. The Kier molecular flexibility index (Phi) is 5.46. The van der Waals surface area contributed by atoms with E-state index in [2.05, 4.69) is 42.5 Å². The van der Waals surface area contributed by atoms with E-state index in [0.29, 0.717) is 6.54 Å². The van der Waals surface area contributed by atoms with Crippen molar-refractivity contribution in [3.63, 3.8) is 0 Å². The largest absolute Gasteiger partial charge is 0.389 e. The molecule has 0 radical (unpaired) electrons. The Hall–Kier alpha value is -1.03. The van der Waals surface area contributed by atoms with Gasteiger partial charge in [0, 0.05) is 11.4 Å². The highest BCUT2D eigenvalue weighted by molar-refractivity contribution is 7.99. The summed E-state index contributed by atoms with van der Waals surface area (Å²) < 4.78 is 0. The molecule has 0 aliphatic carbocycles. The van der Waals surface area contributed by atoms with E-state index in [1.165, 1.54) is 15.7 Å². The molecule has 0 aliphatic heterocycles. The molecule has 2 nitrogen and oxygen atoms in total. The van der Waals surface area contributed by atoms with E-state index in [0.717, 1.165) is 25.0 Å². The zero-order valence-corrected chi connectivity index (χ0v) is 12.8. The van der Waals surface area contributed by atoms with E-state index in [-0.39, 0.29) is 0 Å². The fourth-order valence-electron chi connectivity index (χ4n) is 2.27. The van der Waals surface area contributed by atoms with Crippen molar-refractivity contribution in [2.75, 3.05) is 12.3 Å². The summed E-state index contributed by atoms with van der Waals surface area (Å²) in [6, 6.07) is 15.0. The fourth-order valence-corrected chi connectivity index (χ4v) is 3.17. The van der Waals surface area contributed by atoms with E-state index in [4.69, 9.17) is 5.73 Å². The van der Waals surface area contributed by atoms with Gasteiger partial charge in [0.15, 0.2) is 0 Å². The van der Waals surface area contributed by atoms with Crippen molar-refractivity contribution in [3.8, 4) is 0 Å². The molecule has 3 heteroatoms. The van der Waals surface area contributed by atoms with Crippen LogP contribution < -0.4 is 5.73 Å². The standard InChI is InChI=1S/C17H23NOS/c1-2-17(19,13-18)10-5-11-20-16-9-8-14-6-3-4-7-15(14)12-16/h3-4,6-9,12,19H,2,5,10-11,13,18H2,1H3. The number of fused-ring (bicyclic) bond motifs is 1. The Balaban J connectivity index is 1.87. The Labute approximate surface area is 125 Å². The highest BCUT2D eigenvalue weighted by Gasteiger charge is 2.21. The molecule has 2 rings (SSSR count). The number of rotatable bonds is 7. The lowest BCUT2D eigenvalue weighted by Gasteiger charge is -2.24. The van der Waals surface area contributed by atoms with E-state index in [9.17, 15) is 5.11 Å². The molecule has 0 bridgehead atoms. The van der Waals surface area contributed by atoms with Crippen LogP contribution in [0.1, 0.15) is 26.2 Å². The number of aliphatic hydroxyl groups is 1. The summed E-state index contributed by atoms with van der Waals surface area (Å²) in [5, 5.41) is 12.7. The third kappa shape index (κ3) is 3.98. The zero-order valence-electron chi connectivity index (χ0n) is 12.0. The average Bonchev–Trinajstić information content (AvgIpc) is 2.51. The van der Waals surface area contributed by atoms with E-state index in [1.54, 1.807) is 0 Å². The van der Waals surface area contributed by atoms with Gasteiger partial charge in [0.25, 0.3) is 0 Å². The van der Waals surface area contributed by atoms with E-state index in [1.807, 2.05) is 18.7 Å². The summed E-state index contributed by atoms with van der Waals surface area (Å²) >= 11 is 1.84. The summed E-state index contributed by atoms with van der Waals surface area (Å²) in [7, 11) is 0. The molecule has 0 aliphatic rings. The van der Waals surface area contributed by atoms with Crippen molar-refractivity contribution < 1.29 is 5.11 Å². The van der Waals surface area contributed by atoms with Crippen LogP contribution >= 0.6 is 11.8 Å². The molecule has 0 saturated heterocycles. The van der Waals surface area contributed by atoms with Gasteiger partial charge in [-0.3, -0.25) is 0 Å².